The minimum Gasteiger partial charge on any atom is -0.218 e. The van der Waals surface area contributed by atoms with Gasteiger partial charge in [0.1, 0.15) is 10.6 Å². The van der Waals surface area contributed by atoms with Crippen LogP contribution in [0.2, 0.25) is 0 Å². The molecule has 0 atom stereocenters. The quantitative estimate of drug-likeness (QED) is 0.783. The van der Waals surface area contributed by atoms with Crippen molar-refractivity contribution in [2.24, 2.45) is 5.18 Å². The van der Waals surface area contributed by atoms with E-state index in [-0.39, 0.29) is 15.5 Å². The smallest absolute Gasteiger partial charge is 0.208 e. The SMILES string of the molecule is O=Nc1ccccc1S(=O)(=O)c1ccccc1. The van der Waals surface area contributed by atoms with Crippen LogP contribution in [0, 0.1) is 4.91 Å². The minimum atomic E-state index is -3.68. The molecule has 0 fully saturated rings. The van der Waals surface area contributed by atoms with Gasteiger partial charge in [-0.2, -0.15) is 0 Å². The maximum absolute atomic E-state index is 12.2. The first-order valence-electron chi connectivity index (χ1n) is 4.89. The van der Waals surface area contributed by atoms with E-state index in [1.54, 1.807) is 30.3 Å². The Bertz CT molecular complexity index is 636. The predicted octanol–water partition coefficient (Wildman–Crippen LogP) is 2.92. The maximum atomic E-state index is 12.2. The van der Waals surface area contributed by atoms with Crippen molar-refractivity contribution in [3.63, 3.8) is 0 Å². The van der Waals surface area contributed by atoms with Gasteiger partial charge in [0.25, 0.3) is 0 Å². The Morgan fingerprint density at radius 2 is 1.41 bits per heavy atom. The van der Waals surface area contributed by atoms with Gasteiger partial charge < -0.3 is 0 Å². The molecule has 0 amide bonds. The van der Waals surface area contributed by atoms with Crippen LogP contribution in [-0.4, -0.2) is 8.42 Å². The van der Waals surface area contributed by atoms with Crippen molar-refractivity contribution >= 4 is 15.5 Å². The van der Waals surface area contributed by atoms with Crippen LogP contribution in [-0.2, 0) is 9.84 Å². The number of sulfone groups is 1. The normalized spacial score (nSPS) is 11.1. The first-order chi connectivity index (χ1) is 8.16. The van der Waals surface area contributed by atoms with Crippen molar-refractivity contribution in [1.82, 2.24) is 0 Å². The molecule has 0 saturated heterocycles. The largest absolute Gasteiger partial charge is 0.218 e. The second kappa shape index (κ2) is 4.47. The van der Waals surface area contributed by atoms with Gasteiger partial charge in [0.15, 0.2) is 0 Å². The van der Waals surface area contributed by atoms with Crippen molar-refractivity contribution in [2.45, 2.75) is 9.79 Å². The highest BCUT2D eigenvalue weighted by Crippen LogP contribution is 2.28. The van der Waals surface area contributed by atoms with E-state index in [1.807, 2.05) is 0 Å². The molecule has 0 aliphatic rings. The zero-order valence-electron chi connectivity index (χ0n) is 8.78. The average Bonchev–Trinajstić information content (AvgIpc) is 2.39. The molecule has 0 bridgehead atoms. The molecular weight excluding hydrogens is 238 g/mol. The Balaban J connectivity index is 2.65. The molecule has 0 aliphatic carbocycles. The summed E-state index contributed by atoms with van der Waals surface area (Å²) in [6.45, 7) is 0. The van der Waals surface area contributed by atoms with Gasteiger partial charge in [0.2, 0.25) is 9.84 Å². The van der Waals surface area contributed by atoms with E-state index in [1.165, 1.54) is 24.3 Å². The lowest BCUT2D eigenvalue weighted by molar-refractivity contribution is 0.596. The van der Waals surface area contributed by atoms with Crippen LogP contribution in [0.5, 0.6) is 0 Å². The summed E-state index contributed by atoms with van der Waals surface area (Å²) in [7, 11) is -3.68. The molecule has 0 aromatic heterocycles. The lowest BCUT2D eigenvalue weighted by atomic mass is 10.3. The summed E-state index contributed by atoms with van der Waals surface area (Å²) >= 11 is 0. The van der Waals surface area contributed by atoms with Gasteiger partial charge in [0, 0.05) is 0 Å². The Hall–Kier alpha value is -2.01. The lowest BCUT2D eigenvalue weighted by Crippen LogP contribution is -2.01. The molecule has 86 valence electrons. The molecule has 2 rings (SSSR count). The van der Waals surface area contributed by atoms with Crippen LogP contribution in [0.1, 0.15) is 0 Å². The summed E-state index contributed by atoms with van der Waals surface area (Å²) < 4.78 is 24.4. The Morgan fingerprint density at radius 3 is 2.06 bits per heavy atom. The van der Waals surface area contributed by atoms with Crippen LogP contribution < -0.4 is 0 Å². The van der Waals surface area contributed by atoms with E-state index in [2.05, 4.69) is 5.18 Å². The van der Waals surface area contributed by atoms with E-state index in [0.717, 1.165) is 0 Å². The molecule has 2 aromatic rings. The number of nitroso groups, excluding NO2 is 1. The summed E-state index contributed by atoms with van der Waals surface area (Å²) in [4.78, 5) is 10.7. The van der Waals surface area contributed by atoms with Gasteiger partial charge in [0.05, 0.1) is 4.90 Å². The summed E-state index contributed by atoms with van der Waals surface area (Å²) in [6, 6.07) is 13.8. The summed E-state index contributed by atoms with van der Waals surface area (Å²) in [5.41, 5.74) is -0.0728. The van der Waals surface area contributed by atoms with Crippen molar-refractivity contribution in [2.75, 3.05) is 0 Å². The van der Waals surface area contributed by atoms with E-state index in [9.17, 15) is 13.3 Å². The highest BCUT2D eigenvalue weighted by molar-refractivity contribution is 7.91. The highest BCUT2D eigenvalue weighted by atomic mass is 32.2. The second-order valence-corrected chi connectivity index (χ2v) is 5.29. The monoisotopic (exact) mass is 247 g/mol. The van der Waals surface area contributed by atoms with Crippen molar-refractivity contribution in [3.05, 3.63) is 59.5 Å². The Labute approximate surface area is 98.8 Å². The topological polar surface area (TPSA) is 63.6 Å². The third-order valence-electron chi connectivity index (χ3n) is 2.31. The van der Waals surface area contributed by atoms with Gasteiger partial charge in [-0.15, -0.1) is 4.91 Å². The molecule has 17 heavy (non-hydrogen) atoms. The van der Waals surface area contributed by atoms with Crippen LogP contribution in [0.25, 0.3) is 0 Å². The molecule has 0 radical (unpaired) electrons. The third kappa shape index (κ3) is 2.09. The standard InChI is InChI=1S/C12H9NO3S/c14-13-11-8-4-5-9-12(11)17(15,16)10-6-2-1-3-7-10/h1-9H. The fourth-order valence-electron chi connectivity index (χ4n) is 1.49. The zero-order valence-corrected chi connectivity index (χ0v) is 9.59. The van der Waals surface area contributed by atoms with E-state index in [4.69, 9.17) is 0 Å². The van der Waals surface area contributed by atoms with Crippen molar-refractivity contribution in [1.29, 1.82) is 0 Å². The predicted molar refractivity (Wildman–Crippen MR) is 63.8 cm³/mol. The maximum Gasteiger partial charge on any atom is 0.208 e. The second-order valence-electron chi connectivity index (χ2n) is 3.38. The molecule has 4 nitrogen and oxygen atoms in total. The molecule has 5 heteroatoms. The van der Waals surface area contributed by atoms with Crippen molar-refractivity contribution in [3.8, 4) is 0 Å². The van der Waals surface area contributed by atoms with Crippen LogP contribution in [0.15, 0.2) is 69.6 Å². The summed E-state index contributed by atoms with van der Waals surface area (Å²) in [6.07, 6.45) is 0. The Kier molecular flexibility index (Phi) is 3.01. The molecule has 0 aliphatic heterocycles. The third-order valence-corrected chi connectivity index (χ3v) is 4.12. The molecule has 0 saturated carbocycles. The minimum absolute atomic E-state index is 0.0683. The number of benzene rings is 2. The van der Waals surface area contributed by atoms with Crippen LogP contribution >= 0.6 is 0 Å². The lowest BCUT2D eigenvalue weighted by Gasteiger charge is -2.05. The number of hydrogen-bond donors (Lipinski definition) is 0. The van der Waals surface area contributed by atoms with Crippen molar-refractivity contribution < 1.29 is 8.42 Å². The van der Waals surface area contributed by atoms with Gasteiger partial charge >= 0.3 is 0 Å². The molecule has 0 unspecified atom stereocenters. The van der Waals surface area contributed by atoms with Gasteiger partial charge in [-0.25, -0.2) is 8.42 Å². The Morgan fingerprint density at radius 1 is 0.824 bits per heavy atom. The first-order valence-corrected chi connectivity index (χ1v) is 6.37. The van der Waals surface area contributed by atoms with Gasteiger partial charge in [-0.3, -0.25) is 0 Å². The number of nitrogens with zero attached hydrogens (tertiary/aromatic N) is 1. The molecule has 0 N–H and O–H groups in total. The molecule has 0 heterocycles. The van der Waals surface area contributed by atoms with Crippen LogP contribution in [0.3, 0.4) is 0 Å². The van der Waals surface area contributed by atoms with Gasteiger partial charge in [-0.1, -0.05) is 30.3 Å². The zero-order chi connectivity index (χ0) is 12.3. The van der Waals surface area contributed by atoms with Gasteiger partial charge in [-0.05, 0) is 29.4 Å². The van der Waals surface area contributed by atoms with E-state index >= 15 is 0 Å². The average molecular weight is 247 g/mol. The molecular formula is C12H9NO3S. The summed E-state index contributed by atoms with van der Waals surface area (Å²) in [5.74, 6) is 0. The first kappa shape index (κ1) is 11.5. The van der Waals surface area contributed by atoms with E-state index < -0.39 is 9.84 Å². The molecule has 0 spiro atoms. The number of hydrogen-bond acceptors (Lipinski definition) is 4. The van der Waals surface area contributed by atoms with E-state index in [0.29, 0.717) is 0 Å². The van der Waals surface area contributed by atoms with Crippen LogP contribution in [0.4, 0.5) is 5.69 Å². The highest BCUT2D eigenvalue weighted by Gasteiger charge is 2.20. The fraction of sp³-hybridized carbons (Fsp3) is 0. The fourth-order valence-corrected chi connectivity index (χ4v) is 2.89. The number of rotatable bonds is 3. The summed E-state index contributed by atoms with van der Waals surface area (Å²) in [5, 5.41) is 2.73. The molecule has 2 aromatic carbocycles.